The molecule has 1 saturated heterocycles. The van der Waals surface area contributed by atoms with Crippen molar-refractivity contribution in [2.45, 2.75) is 43.6 Å². The Morgan fingerprint density at radius 1 is 1.15 bits per heavy atom. The van der Waals surface area contributed by atoms with Crippen LogP contribution in [0.25, 0.3) is 0 Å². The molecule has 0 atom stereocenters. The van der Waals surface area contributed by atoms with Crippen molar-refractivity contribution in [2.24, 2.45) is 5.92 Å². The van der Waals surface area contributed by atoms with E-state index in [2.05, 4.69) is 20.3 Å². The Morgan fingerprint density at radius 3 is 2.61 bits per heavy atom. The third-order valence-electron chi connectivity index (χ3n) is 8.32. The minimum absolute atomic E-state index is 0.0783. The Hall–Kier alpha value is -3.93. The topological polar surface area (TPSA) is 117 Å². The molecule has 2 fully saturated rings. The minimum Gasteiger partial charge on any atom is -0.394 e. The number of nitrogen functional groups attached to an aromatic ring is 1. The number of amides is 2. The zero-order chi connectivity index (χ0) is 28.9. The van der Waals surface area contributed by atoms with Crippen molar-refractivity contribution in [3.05, 3.63) is 70.6 Å². The van der Waals surface area contributed by atoms with Crippen LogP contribution in [-0.2, 0) is 10.2 Å². The van der Waals surface area contributed by atoms with Crippen LogP contribution in [0.2, 0.25) is 5.02 Å². The molecular formula is C28H27ClF3N7O2. The van der Waals surface area contributed by atoms with Gasteiger partial charge in [0, 0.05) is 31.9 Å². The van der Waals surface area contributed by atoms with Crippen molar-refractivity contribution in [2.75, 3.05) is 35.2 Å². The number of aromatic nitrogens is 3. The van der Waals surface area contributed by atoms with Gasteiger partial charge in [0.1, 0.15) is 23.3 Å². The van der Waals surface area contributed by atoms with Gasteiger partial charge in [-0.15, -0.1) is 0 Å². The largest absolute Gasteiger partial charge is 0.394 e. The van der Waals surface area contributed by atoms with Gasteiger partial charge in [-0.05, 0) is 55.4 Å². The molecule has 1 aromatic carbocycles. The van der Waals surface area contributed by atoms with E-state index >= 15 is 0 Å². The van der Waals surface area contributed by atoms with Crippen molar-refractivity contribution >= 4 is 40.6 Å². The number of nitrogens with one attached hydrogen (secondary N) is 1. The lowest BCUT2D eigenvalue weighted by Gasteiger charge is -2.47. The highest BCUT2D eigenvalue weighted by Crippen LogP contribution is 2.49. The summed E-state index contributed by atoms with van der Waals surface area (Å²) in [7, 11) is 0. The van der Waals surface area contributed by atoms with Crippen molar-refractivity contribution < 1.29 is 22.8 Å². The molecule has 214 valence electrons. The second-order valence-corrected chi connectivity index (χ2v) is 11.3. The average molecular weight is 586 g/mol. The van der Waals surface area contributed by atoms with E-state index in [9.17, 15) is 22.8 Å². The van der Waals surface area contributed by atoms with Gasteiger partial charge in [-0.25, -0.2) is 23.1 Å². The normalized spacial score (nSPS) is 21.2. The quantitative estimate of drug-likeness (QED) is 0.443. The lowest BCUT2D eigenvalue weighted by Crippen LogP contribution is -2.64. The summed E-state index contributed by atoms with van der Waals surface area (Å²) in [4.78, 5) is 42.1. The fourth-order valence-corrected chi connectivity index (χ4v) is 6.43. The summed E-state index contributed by atoms with van der Waals surface area (Å²) in [5.74, 6) is -0.448. The van der Waals surface area contributed by atoms with Crippen molar-refractivity contribution in [3.63, 3.8) is 0 Å². The number of nitrogens with two attached hydrogens (primary N) is 1. The first-order valence-electron chi connectivity index (χ1n) is 13.3. The van der Waals surface area contributed by atoms with Gasteiger partial charge in [-0.1, -0.05) is 17.7 Å². The number of halogens is 4. The van der Waals surface area contributed by atoms with Gasteiger partial charge < -0.3 is 20.9 Å². The Balaban J connectivity index is 1.12. The van der Waals surface area contributed by atoms with Crippen LogP contribution in [0, 0.1) is 11.7 Å². The molecule has 4 heterocycles. The van der Waals surface area contributed by atoms with Gasteiger partial charge >= 0.3 is 0 Å². The number of hydrogen-bond acceptors (Lipinski definition) is 7. The van der Waals surface area contributed by atoms with Gasteiger partial charge in [0.15, 0.2) is 5.82 Å². The van der Waals surface area contributed by atoms with E-state index in [4.69, 9.17) is 17.3 Å². The number of anilines is 3. The summed E-state index contributed by atoms with van der Waals surface area (Å²) in [6, 6.07) is 5.46. The van der Waals surface area contributed by atoms with Crippen LogP contribution < -0.4 is 20.9 Å². The second kappa shape index (κ2) is 10.5. The number of fused-ring (bicyclic) bond motifs is 2. The molecule has 3 aromatic rings. The summed E-state index contributed by atoms with van der Waals surface area (Å²) in [6.07, 6.45) is 3.73. The summed E-state index contributed by atoms with van der Waals surface area (Å²) in [6.45, 7) is 1.17. The predicted octanol–water partition coefficient (Wildman–Crippen LogP) is 4.28. The zero-order valence-electron chi connectivity index (χ0n) is 21.9. The fraction of sp³-hybridized carbons (Fsp3) is 0.393. The van der Waals surface area contributed by atoms with E-state index < -0.39 is 29.3 Å². The first-order valence-corrected chi connectivity index (χ1v) is 13.7. The lowest BCUT2D eigenvalue weighted by atomic mass is 9.74. The standard InChI is InChI=1S/C28H27ClF3N7O2/c29-16-7-19(23(24(31)32)35-9-16)26(40)37-18-4-1-15(2-5-18)11-39-22-8-17(30)3-6-20(22)28(27(39)41)12-38(13-28)25-21(33)10-34-14-36-25/h3,6-10,14-15,18,24H,1-2,4-5,11-13,33H2,(H,37,40)/t15-,18-. The average Bonchev–Trinajstić information content (AvgIpc) is 3.16. The van der Waals surface area contributed by atoms with Gasteiger partial charge in [0.2, 0.25) is 5.91 Å². The molecule has 9 nitrogen and oxygen atoms in total. The highest BCUT2D eigenvalue weighted by molar-refractivity contribution is 6.30. The number of rotatable bonds is 6. The maximum atomic E-state index is 14.3. The molecule has 0 radical (unpaired) electrons. The Kier molecular flexibility index (Phi) is 6.96. The maximum Gasteiger partial charge on any atom is 0.281 e. The molecule has 1 saturated carbocycles. The molecule has 1 aliphatic carbocycles. The molecule has 0 unspecified atom stereocenters. The number of benzene rings is 1. The Morgan fingerprint density at radius 2 is 1.90 bits per heavy atom. The third kappa shape index (κ3) is 4.83. The SMILES string of the molecule is Nc1cncnc1N1CC2(C1)C(=O)N(C[C@H]1CC[C@H](NC(=O)c3cc(Cl)cnc3C(F)F)CC1)c1cc(F)ccc12. The molecule has 6 rings (SSSR count). The van der Waals surface area contributed by atoms with Crippen LogP contribution in [0.15, 0.2) is 43.0 Å². The Labute approximate surface area is 238 Å². The second-order valence-electron chi connectivity index (χ2n) is 10.9. The number of carbonyl (C=O) groups is 2. The van der Waals surface area contributed by atoms with Gasteiger partial charge in [-0.2, -0.15) is 0 Å². The number of pyridine rings is 1. The zero-order valence-corrected chi connectivity index (χ0v) is 22.6. The van der Waals surface area contributed by atoms with Crippen LogP contribution in [0.4, 0.5) is 30.4 Å². The van der Waals surface area contributed by atoms with E-state index in [-0.39, 0.29) is 28.5 Å². The lowest BCUT2D eigenvalue weighted by molar-refractivity contribution is -0.124. The smallest absolute Gasteiger partial charge is 0.281 e. The molecular weight excluding hydrogens is 559 g/mol. The highest BCUT2D eigenvalue weighted by atomic mass is 35.5. The fourth-order valence-electron chi connectivity index (χ4n) is 6.27. The van der Waals surface area contributed by atoms with E-state index in [1.807, 2.05) is 4.90 Å². The maximum absolute atomic E-state index is 14.3. The molecule has 2 aliphatic heterocycles. The van der Waals surface area contributed by atoms with Crippen LogP contribution in [-0.4, -0.2) is 52.4 Å². The molecule has 13 heteroatoms. The van der Waals surface area contributed by atoms with E-state index in [1.54, 1.807) is 11.0 Å². The molecule has 41 heavy (non-hydrogen) atoms. The van der Waals surface area contributed by atoms with Gasteiger partial charge in [0.25, 0.3) is 12.3 Å². The van der Waals surface area contributed by atoms with Crippen LogP contribution in [0.1, 0.15) is 53.7 Å². The van der Waals surface area contributed by atoms with Crippen LogP contribution in [0.5, 0.6) is 0 Å². The van der Waals surface area contributed by atoms with Crippen LogP contribution >= 0.6 is 11.6 Å². The molecule has 3 aliphatic rings. The molecule has 0 bridgehead atoms. The van der Waals surface area contributed by atoms with Gasteiger partial charge in [0.05, 0.1) is 28.2 Å². The van der Waals surface area contributed by atoms with Crippen LogP contribution in [0.3, 0.4) is 0 Å². The monoisotopic (exact) mass is 585 g/mol. The number of nitrogens with zero attached hydrogens (tertiary/aromatic N) is 5. The molecule has 2 amide bonds. The minimum atomic E-state index is -2.90. The first-order chi connectivity index (χ1) is 19.7. The Bertz CT molecular complexity index is 1510. The molecule has 1 spiro atoms. The summed E-state index contributed by atoms with van der Waals surface area (Å²) in [5.41, 5.74) is 6.18. The van der Waals surface area contributed by atoms with E-state index in [1.165, 1.54) is 30.7 Å². The van der Waals surface area contributed by atoms with E-state index in [0.29, 0.717) is 62.5 Å². The molecule has 3 N–H and O–H groups in total. The molecule has 2 aromatic heterocycles. The predicted molar refractivity (Wildman–Crippen MR) is 147 cm³/mol. The summed E-state index contributed by atoms with van der Waals surface area (Å²) in [5, 5.41) is 2.93. The number of alkyl halides is 2. The highest BCUT2D eigenvalue weighted by Gasteiger charge is 2.58. The van der Waals surface area contributed by atoms with E-state index in [0.717, 1.165) is 11.8 Å². The third-order valence-corrected chi connectivity index (χ3v) is 8.53. The summed E-state index contributed by atoms with van der Waals surface area (Å²) < 4.78 is 41.1. The van der Waals surface area contributed by atoms with Gasteiger partial charge in [-0.3, -0.25) is 14.6 Å². The number of carbonyl (C=O) groups excluding carboxylic acids is 2. The van der Waals surface area contributed by atoms with Crippen molar-refractivity contribution in [1.82, 2.24) is 20.3 Å². The van der Waals surface area contributed by atoms with Crippen molar-refractivity contribution in [1.29, 1.82) is 0 Å². The number of hydrogen-bond donors (Lipinski definition) is 2. The first kappa shape index (κ1) is 27.3. The summed E-state index contributed by atoms with van der Waals surface area (Å²) >= 11 is 5.89. The van der Waals surface area contributed by atoms with Crippen molar-refractivity contribution in [3.8, 4) is 0 Å².